The number of benzene rings is 4. The molecule has 2 heterocycles. The summed E-state index contributed by atoms with van der Waals surface area (Å²) in [5.41, 5.74) is 19.7. The summed E-state index contributed by atoms with van der Waals surface area (Å²) in [7, 11) is 2.03. The van der Waals surface area contributed by atoms with E-state index in [1.54, 1.807) is 0 Å². The van der Waals surface area contributed by atoms with Crippen molar-refractivity contribution in [3.63, 3.8) is 0 Å². The van der Waals surface area contributed by atoms with Gasteiger partial charge in [0.1, 0.15) is 10.0 Å². The quantitative estimate of drug-likeness (QED) is 0.0925. The van der Waals surface area contributed by atoms with Crippen LogP contribution < -0.4 is 5.73 Å². The molecule has 0 fully saturated rings. The highest BCUT2D eigenvalue weighted by Gasteiger charge is 2.12. The van der Waals surface area contributed by atoms with Gasteiger partial charge in [0.05, 0.1) is 12.0 Å². The lowest BCUT2D eigenvalue weighted by molar-refractivity contribution is 0.552. The molecular formula is C40H45N7S2. The average Bonchev–Trinajstić information content (AvgIpc) is 3.75. The number of aromatic nitrogens is 4. The van der Waals surface area contributed by atoms with Crippen LogP contribution in [0.4, 0.5) is 11.4 Å². The molecule has 252 valence electrons. The number of hydrogen-bond donors (Lipinski definition) is 1. The van der Waals surface area contributed by atoms with Gasteiger partial charge in [-0.25, -0.2) is 15.0 Å². The molecule has 0 unspecified atom stereocenters. The molecule has 0 amide bonds. The van der Waals surface area contributed by atoms with E-state index in [-0.39, 0.29) is 0 Å². The summed E-state index contributed by atoms with van der Waals surface area (Å²) in [4.78, 5) is 16.1. The summed E-state index contributed by atoms with van der Waals surface area (Å²) in [5.74, 6) is 1.62. The van der Waals surface area contributed by atoms with Gasteiger partial charge in [0.15, 0.2) is 11.6 Å². The van der Waals surface area contributed by atoms with Crippen LogP contribution in [0.15, 0.2) is 77.8 Å². The van der Waals surface area contributed by atoms with Crippen LogP contribution in [0.25, 0.3) is 22.8 Å². The topological polar surface area (TPSA) is 93.2 Å². The van der Waals surface area contributed by atoms with E-state index in [9.17, 15) is 0 Å². The maximum atomic E-state index is 5.95. The Bertz CT molecular complexity index is 2040. The number of hydrogen-bond acceptors (Lipinski definition) is 8. The first-order valence-electron chi connectivity index (χ1n) is 16.5. The Hall–Kier alpha value is -4.73. The van der Waals surface area contributed by atoms with Crippen molar-refractivity contribution in [2.75, 3.05) is 19.3 Å². The summed E-state index contributed by atoms with van der Waals surface area (Å²) < 4.78 is 9.03. The molecule has 0 bridgehead atoms. The number of anilines is 1. The highest BCUT2D eigenvalue weighted by molar-refractivity contribution is 7.05. The molecule has 2 N–H and O–H groups in total. The van der Waals surface area contributed by atoms with Crippen molar-refractivity contribution in [3.05, 3.63) is 127 Å². The number of rotatable bonds is 9. The largest absolute Gasteiger partial charge is 0.399 e. The van der Waals surface area contributed by atoms with Crippen LogP contribution in [0.2, 0.25) is 0 Å². The van der Waals surface area contributed by atoms with Gasteiger partial charge in [-0.15, -0.1) is 0 Å². The maximum Gasteiger partial charge on any atom is 0.173 e. The lowest BCUT2D eigenvalue weighted by Crippen LogP contribution is -2.14. The Kier molecular flexibility index (Phi) is 11.7. The van der Waals surface area contributed by atoms with E-state index in [0.29, 0.717) is 0 Å². The van der Waals surface area contributed by atoms with E-state index < -0.39 is 0 Å². The zero-order valence-electron chi connectivity index (χ0n) is 29.7. The lowest BCUT2D eigenvalue weighted by Gasteiger charge is -2.11. The van der Waals surface area contributed by atoms with E-state index in [0.717, 1.165) is 69.1 Å². The summed E-state index contributed by atoms with van der Waals surface area (Å²) in [6, 6.07) is 25.2. The van der Waals surface area contributed by atoms with Crippen molar-refractivity contribution in [1.82, 2.24) is 23.6 Å². The van der Waals surface area contributed by atoms with Gasteiger partial charge in [0.25, 0.3) is 0 Å². The highest BCUT2D eigenvalue weighted by atomic mass is 32.1. The number of nitrogens with two attached hydrogens (primary N) is 1. The molecule has 0 saturated heterocycles. The molecular weight excluding hydrogens is 643 g/mol. The first-order valence-corrected chi connectivity index (χ1v) is 18.0. The number of aryl methyl sites for hydroxylation is 6. The molecule has 6 aromatic rings. The molecule has 7 nitrogen and oxygen atoms in total. The number of nitrogens with zero attached hydrogens (tertiary/aromatic N) is 6. The zero-order valence-corrected chi connectivity index (χ0v) is 31.3. The van der Waals surface area contributed by atoms with E-state index in [2.05, 4.69) is 132 Å². The van der Waals surface area contributed by atoms with Crippen LogP contribution in [0, 0.1) is 41.5 Å². The second-order valence-corrected chi connectivity index (χ2v) is 14.3. The van der Waals surface area contributed by atoms with Gasteiger partial charge in [0.2, 0.25) is 0 Å². The average molecular weight is 688 g/mol. The molecule has 0 radical (unpaired) electrons. The first-order chi connectivity index (χ1) is 23.5. The van der Waals surface area contributed by atoms with Crippen LogP contribution in [0.5, 0.6) is 0 Å². The minimum absolute atomic E-state index is 0.801. The predicted octanol–water partition coefficient (Wildman–Crippen LogP) is 9.64. The van der Waals surface area contributed by atoms with Gasteiger partial charge in [0, 0.05) is 43.2 Å². The van der Waals surface area contributed by atoms with Crippen molar-refractivity contribution in [1.29, 1.82) is 0 Å². The lowest BCUT2D eigenvalue weighted by atomic mass is 10.0. The van der Waals surface area contributed by atoms with Gasteiger partial charge in [-0.05, 0) is 117 Å². The fourth-order valence-electron chi connectivity index (χ4n) is 5.14. The van der Waals surface area contributed by atoms with Crippen molar-refractivity contribution < 1.29 is 0 Å². The van der Waals surface area contributed by atoms with Crippen molar-refractivity contribution in [3.8, 4) is 22.8 Å². The van der Waals surface area contributed by atoms with E-state index in [4.69, 9.17) is 10.7 Å². The molecule has 6 rings (SSSR count). The molecule has 0 atom stereocenters. The molecule has 9 heteroatoms. The van der Waals surface area contributed by atoms with Crippen molar-refractivity contribution in [2.24, 2.45) is 4.99 Å². The van der Waals surface area contributed by atoms with Crippen LogP contribution >= 0.6 is 23.1 Å². The smallest absolute Gasteiger partial charge is 0.173 e. The summed E-state index contributed by atoms with van der Waals surface area (Å²) in [5, 5.41) is 2.07. The third kappa shape index (κ3) is 9.46. The van der Waals surface area contributed by atoms with Crippen molar-refractivity contribution in [2.45, 2.75) is 61.3 Å². The number of nitrogen functional groups attached to an aromatic ring is 1. The molecule has 0 saturated carbocycles. The molecule has 49 heavy (non-hydrogen) atoms. The number of aliphatic imine (C=N–C) groups is 1. The second kappa shape index (κ2) is 16.1. The Balaban J connectivity index is 0.000000195. The molecule has 0 aliphatic rings. The fourth-order valence-corrected chi connectivity index (χ4v) is 6.51. The highest BCUT2D eigenvalue weighted by Crippen LogP contribution is 2.27. The summed E-state index contributed by atoms with van der Waals surface area (Å²) >= 11 is 2.95. The molecule has 0 aliphatic carbocycles. The van der Waals surface area contributed by atoms with Gasteiger partial charge in [-0.3, -0.25) is 0 Å². The Morgan fingerprint density at radius 3 is 1.61 bits per heavy atom. The molecule has 2 aromatic heterocycles. The van der Waals surface area contributed by atoms with E-state index in [1.165, 1.54) is 62.0 Å². The van der Waals surface area contributed by atoms with Crippen LogP contribution in [-0.4, -0.2) is 43.5 Å². The summed E-state index contributed by atoms with van der Waals surface area (Å²) in [6.45, 7) is 15.6. The fraction of sp³-hybridized carbons (Fsp3) is 0.275. The van der Waals surface area contributed by atoms with Gasteiger partial charge < -0.3 is 10.6 Å². The summed E-state index contributed by atoms with van der Waals surface area (Å²) in [6.07, 6.45) is 3.49. The monoisotopic (exact) mass is 687 g/mol. The predicted molar refractivity (Wildman–Crippen MR) is 208 cm³/mol. The minimum atomic E-state index is 0.801. The maximum absolute atomic E-state index is 5.95. The molecule has 4 aromatic carbocycles. The Labute approximate surface area is 299 Å². The van der Waals surface area contributed by atoms with Crippen LogP contribution in [0.3, 0.4) is 0 Å². The van der Waals surface area contributed by atoms with Gasteiger partial charge >= 0.3 is 0 Å². The van der Waals surface area contributed by atoms with E-state index >= 15 is 0 Å². The SMILES string of the molecule is CCN(C)C=Nc1cc(C)c(Cc2nc(-c3ccc(C)cc3)ns2)cc1C.Cc1ccc(-c2nsc(Cc3cc(C)c(N)cc3C)n2)cc1. The van der Waals surface area contributed by atoms with Crippen LogP contribution in [0.1, 0.15) is 61.4 Å². The van der Waals surface area contributed by atoms with Crippen molar-refractivity contribution >= 4 is 40.8 Å². The van der Waals surface area contributed by atoms with Crippen LogP contribution in [-0.2, 0) is 12.8 Å². The third-order valence-electron chi connectivity index (χ3n) is 8.51. The minimum Gasteiger partial charge on any atom is -0.399 e. The first kappa shape index (κ1) is 35.6. The normalized spacial score (nSPS) is 11.1. The second-order valence-electron chi connectivity index (χ2n) is 12.6. The third-order valence-corrected chi connectivity index (χ3v) is 9.93. The Morgan fingerprint density at radius 1 is 0.653 bits per heavy atom. The molecule has 0 aliphatic heterocycles. The van der Waals surface area contributed by atoms with Gasteiger partial charge in [-0.2, -0.15) is 8.75 Å². The van der Waals surface area contributed by atoms with Gasteiger partial charge in [-0.1, -0.05) is 71.8 Å². The molecule has 0 spiro atoms. The Morgan fingerprint density at radius 2 is 1.12 bits per heavy atom. The zero-order chi connectivity index (χ0) is 35.1. The van der Waals surface area contributed by atoms with E-state index in [1.807, 2.05) is 26.4 Å². The standard InChI is InChI=1S/C22H26N4S.C18H19N3S/c1-6-26(5)14-23-20-12-16(3)19(11-17(20)4)13-21-24-22(25-27-21)18-9-7-15(2)8-10-18;1-11-4-6-14(7-5-11)18-20-17(22-21-18)10-15-8-13(3)16(19)9-12(15)2/h7-12,14H,6,13H2,1-5H3;4-9H,10,19H2,1-3H3.